The van der Waals surface area contributed by atoms with E-state index in [4.69, 9.17) is 21.1 Å². The number of aliphatic hydroxyl groups excluding tert-OH is 1. The molecule has 0 bridgehead atoms. The van der Waals surface area contributed by atoms with Crippen molar-refractivity contribution in [3.63, 3.8) is 0 Å². The molecule has 0 radical (unpaired) electrons. The molecule has 0 aliphatic heterocycles. The fourth-order valence-electron chi connectivity index (χ4n) is 3.08. The third-order valence-electron chi connectivity index (χ3n) is 4.77. The minimum Gasteiger partial charge on any atom is -0.493 e. The first-order valence-electron chi connectivity index (χ1n) is 9.56. The van der Waals surface area contributed by atoms with Crippen molar-refractivity contribution in [2.24, 2.45) is 0 Å². The first-order chi connectivity index (χ1) is 14.1. The Balaban J connectivity index is 1.62. The number of halogens is 1. The molecule has 0 amide bonds. The lowest BCUT2D eigenvalue weighted by atomic mass is 10.1. The number of ether oxygens (including phenoxy) is 2. The lowest BCUT2D eigenvalue weighted by Gasteiger charge is -2.16. The summed E-state index contributed by atoms with van der Waals surface area (Å²) in [4.78, 5) is 0. The molecule has 0 heterocycles. The van der Waals surface area contributed by atoms with Gasteiger partial charge in [0.05, 0.1) is 18.2 Å². The second-order valence-electron chi connectivity index (χ2n) is 6.88. The molecule has 0 aliphatic rings. The number of hydrogen-bond donors (Lipinski definition) is 2. The topological polar surface area (TPSA) is 50.7 Å². The summed E-state index contributed by atoms with van der Waals surface area (Å²) in [5, 5.41) is 14.0. The van der Waals surface area contributed by atoms with Crippen LogP contribution in [0.2, 0.25) is 5.02 Å². The van der Waals surface area contributed by atoms with Gasteiger partial charge in [-0.1, -0.05) is 66.2 Å². The Labute approximate surface area is 177 Å². The van der Waals surface area contributed by atoms with Crippen LogP contribution in [0.15, 0.2) is 66.7 Å². The zero-order chi connectivity index (χ0) is 20.6. The quantitative estimate of drug-likeness (QED) is 0.516. The summed E-state index contributed by atoms with van der Waals surface area (Å²) in [6.07, 6.45) is -0.565. The number of methoxy groups -OCH3 is 1. The molecule has 0 fully saturated rings. The first kappa shape index (κ1) is 21.2. The van der Waals surface area contributed by atoms with Gasteiger partial charge in [-0.25, -0.2) is 0 Å². The Bertz CT molecular complexity index is 931. The van der Waals surface area contributed by atoms with Crippen LogP contribution in [-0.4, -0.2) is 18.8 Å². The van der Waals surface area contributed by atoms with Gasteiger partial charge in [-0.15, -0.1) is 0 Å². The van der Waals surface area contributed by atoms with Gasteiger partial charge in [0.25, 0.3) is 0 Å². The van der Waals surface area contributed by atoms with Crippen molar-refractivity contribution in [1.29, 1.82) is 0 Å². The molecular formula is C24H26ClNO3. The highest BCUT2D eigenvalue weighted by Crippen LogP contribution is 2.37. The molecular weight excluding hydrogens is 386 g/mol. The molecule has 152 valence electrons. The maximum atomic E-state index is 10.3. The largest absolute Gasteiger partial charge is 0.493 e. The van der Waals surface area contributed by atoms with Gasteiger partial charge < -0.3 is 19.9 Å². The smallest absolute Gasteiger partial charge is 0.180 e. The predicted octanol–water partition coefficient (Wildman–Crippen LogP) is 5.06. The van der Waals surface area contributed by atoms with Gasteiger partial charge in [0.1, 0.15) is 6.61 Å². The van der Waals surface area contributed by atoms with Crippen molar-refractivity contribution in [3.8, 4) is 11.5 Å². The van der Waals surface area contributed by atoms with Crippen LogP contribution < -0.4 is 14.8 Å². The van der Waals surface area contributed by atoms with Crippen molar-refractivity contribution >= 4 is 11.6 Å². The van der Waals surface area contributed by atoms with E-state index in [0.29, 0.717) is 36.2 Å². The van der Waals surface area contributed by atoms with E-state index in [1.807, 2.05) is 60.7 Å². The number of aliphatic hydroxyl groups is 1. The minimum atomic E-state index is -0.565. The van der Waals surface area contributed by atoms with Crippen molar-refractivity contribution in [3.05, 3.63) is 94.0 Å². The van der Waals surface area contributed by atoms with E-state index in [9.17, 15) is 5.11 Å². The Morgan fingerprint density at radius 2 is 1.76 bits per heavy atom. The summed E-state index contributed by atoms with van der Waals surface area (Å²) >= 11 is 6.47. The highest BCUT2D eigenvalue weighted by atomic mass is 35.5. The number of hydrogen-bond acceptors (Lipinski definition) is 4. The third kappa shape index (κ3) is 5.73. The Morgan fingerprint density at radius 3 is 2.48 bits per heavy atom. The van der Waals surface area contributed by atoms with Gasteiger partial charge >= 0.3 is 0 Å². The lowest BCUT2D eigenvalue weighted by Crippen LogP contribution is -2.21. The Kier molecular flexibility index (Phi) is 7.53. The third-order valence-corrected chi connectivity index (χ3v) is 5.05. The molecule has 0 aromatic heterocycles. The molecule has 1 atom stereocenters. The summed E-state index contributed by atoms with van der Waals surface area (Å²) in [6, 6.07) is 21.4. The summed E-state index contributed by atoms with van der Waals surface area (Å²) in [7, 11) is 1.60. The van der Waals surface area contributed by atoms with E-state index in [1.54, 1.807) is 7.11 Å². The summed E-state index contributed by atoms with van der Waals surface area (Å²) < 4.78 is 11.5. The molecule has 0 spiro atoms. The maximum Gasteiger partial charge on any atom is 0.180 e. The normalized spacial score (nSPS) is 11.9. The molecule has 0 saturated heterocycles. The van der Waals surface area contributed by atoms with Gasteiger partial charge in [-0.2, -0.15) is 0 Å². The standard InChI is InChI=1S/C24H26ClNO3/c1-17-8-6-7-11-20(17)16-29-24-21(25)12-18(13-23(24)28-2)14-26-15-22(27)19-9-4-3-5-10-19/h3-13,22,26-27H,14-16H2,1-2H3/t22-/m0/s1. The van der Waals surface area contributed by atoms with Gasteiger partial charge in [0.2, 0.25) is 0 Å². The van der Waals surface area contributed by atoms with Gasteiger partial charge in [0.15, 0.2) is 11.5 Å². The van der Waals surface area contributed by atoms with E-state index in [-0.39, 0.29) is 0 Å². The van der Waals surface area contributed by atoms with E-state index in [1.165, 1.54) is 5.56 Å². The first-order valence-corrected chi connectivity index (χ1v) is 9.93. The molecule has 3 rings (SSSR count). The van der Waals surface area contributed by atoms with Crippen LogP contribution in [0, 0.1) is 6.92 Å². The van der Waals surface area contributed by atoms with Crippen LogP contribution in [0.1, 0.15) is 28.4 Å². The minimum absolute atomic E-state index is 0.420. The second kappa shape index (κ2) is 10.3. The van der Waals surface area contributed by atoms with Crippen molar-refractivity contribution < 1.29 is 14.6 Å². The predicted molar refractivity (Wildman–Crippen MR) is 117 cm³/mol. The number of nitrogens with one attached hydrogen (secondary N) is 1. The average molecular weight is 412 g/mol. The summed E-state index contributed by atoms with van der Waals surface area (Å²) in [5.74, 6) is 1.12. The monoisotopic (exact) mass is 411 g/mol. The zero-order valence-corrected chi connectivity index (χ0v) is 17.4. The van der Waals surface area contributed by atoms with E-state index in [2.05, 4.69) is 18.3 Å². The summed E-state index contributed by atoms with van der Waals surface area (Å²) in [5.41, 5.74) is 4.11. The van der Waals surface area contributed by atoms with Crippen LogP contribution in [0.25, 0.3) is 0 Å². The summed E-state index contributed by atoms with van der Waals surface area (Å²) in [6.45, 7) is 3.47. The maximum absolute atomic E-state index is 10.3. The molecule has 3 aromatic carbocycles. The highest BCUT2D eigenvalue weighted by molar-refractivity contribution is 6.32. The molecule has 29 heavy (non-hydrogen) atoms. The molecule has 0 aliphatic carbocycles. The highest BCUT2D eigenvalue weighted by Gasteiger charge is 2.13. The number of benzene rings is 3. The van der Waals surface area contributed by atoms with Crippen LogP contribution >= 0.6 is 11.6 Å². The van der Waals surface area contributed by atoms with Crippen molar-refractivity contribution in [2.45, 2.75) is 26.2 Å². The SMILES string of the molecule is COc1cc(CNC[C@H](O)c2ccccc2)cc(Cl)c1OCc1ccccc1C. The van der Waals surface area contributed by atoms with Crippen molar-refractivity contribution in [1.82, 2.24) is 5.32 Å². The molecule has 2 N–H and O–H groups in total. The zero-order valence-electron chi connectivity index (χ0n) is 16.7. The van der Waals surface area contributed by atoms with Gasteiger partial charge in [0, 0.05) is 13.1 Å². The fraction of sp³-hybridized carbons (Fsp3) is 0.250. The van der Waals surface area contributed by atoms with E-state index in [0.717, 1.165) is 16.7 Å². The van der Waals surface area contributed by atoms with Crippen LogP contribution in [0.4, 0.5) is 0 Å². The van der Waals surface area contributed by atoms with Crippen LogP contribution in [0.3, 0.4) is 0 Å². The molecule has 0 unspecified atom stereocenters. The van der Waals surface area contributed by atoms with Crippen molar-refractivity contribution in [2.75, 3.05) is 13.7 Å². The second-order valence-corrected chi connectivity index (χ2v) is 7.29. The average Bonchev–Trinajstić information content (AvgIpc) is 2.74. The van der Waals surface area contributed by atoms with Gasteiger partial charge in [-0.05, 0) is 41.3 Å². The fourth-order valence-corrected chi connectivity index (χ4v) is 3.37. The van der Waals surface area contributed by atoms with Crippen LogP contribution in [0.5, 0.6) is 11.5 Å². The molecule has 4 nitrogen and oxygen atoms in total. The number of aryl methyl sites for hydroxylation is 1. The number of rotatable bonds is 9. The molecule has 5 heteroatoms. The molecule has 0 saturated carbocycles. The Morgan fingerprint density at radius 1 is 1.03 bits per heavy atom. The van der Waals surface area contributed by atoms with E-state index < -0.39 is 6.10 Å². The lowest BCUT2D eigenvalue weighted by molar-refractivity contribution is 0.174. The van der Waals surface area contributed by atoms with Crippen LogP contribution in [-0.2, 0) is 13.2 Å². The van der Waals surface area contributed by atoms with Gasteiger partial charge in [-0.3, -0.25) is 0 Å². The Hall–Kier alpha value is -2.53. The van der Waals surface area contributed by atoms with E-state index >= 15 is 0 Å². The molecule has 3 aromatic rings.